The van der Waals surface area contributed by atoms with Crippen LogP contribution in [0, 0.1) is 35.9 Å². The van der Waals surface area contributed by atoms with E-state index in [2.05, 4.69) is 35.0 Å². The molecule has 0 aliphatic carbocycles. The first-order valence-corrected chi connectivity index (χ1v) is 16.2. The summed E-state index contributed by atoms with van der Waals surface area (Å²) in [6, 6.07) is 17.8. The van der Waals surface area contributed by atoms with Crippen molar-refractivity contribution in [3.63, 3.8) is 0 Å². The van der Waals surface area contributed by atoms with Gasteiger partial charge in [-0.2, -0.15) is 5.26 Å². The van der Waals surface area contributed by atoms with Crippen LogP contribution in [0.25, 0.3) is 0 Å². The van der Waals surface area contributed by atoms with Crippen LogP contribution in [0.15, 0.2) is 59.6 Å². The summed E-state index contributed by atoms with van der Waals surface area (Å²) in [4.78, 5) is 24.8. The minimum atomic E-state index is -2.90. The second-order valence-corrected chi connectivity index (χ2v) is 13.4. The van der Waals surface area contributed by atoms with Gasteiger partial charge in [-0.3, -0.25) is 4.79 Å². The number of nitrogens with one attached hydrogen (secondary N) is 1. The number of piperidine rings is 1. The molecule has 41 heavy (non-hydrogen) atoms. The van der Waals surface area contributed by atoms with Gasteiger partial charge in [0.15, 0.2) is 0 Å². The topological polar surface area (TPSA) is 104 Å². The van der Waals surface area contributed by atoms with Crippen molar-refractivity contribution in [2.75, 3.05) is 55.3 Å². The van der Waals surface area contributed by atoms with Crippen LogP contribution in [0.2, 0.25) is 0 Å². The molecule has 1 N–H and O–H groups in total. The van der Waals surface area contributed by atoms with Crippen molar-refractivity contribution in [2.24, 2.45) is 5.92 Å². The summed E-state index contributed by atoms with van der Waals surface area (Å²) in [6.07, 6.45) is 6.13. The van der Waals surface area contributed by atoms with Crippen LogP contribution < -0.4 is 9.80 Å². The number of aryl methyl sites for hydroxylation is 2. The fraction of sp³-hybridized carbons (Fsp3) is 0.406. The number of amides is 1. The molecule has 2 aliphatic rings. The fourth-order valence-electron chi connectivity index (χ4n) is 6.10. The van der Waals surface area contributed by atoms with E-state index in [1.54, 1.807) is 18.3 Å². The van der Waals surface area contributed by atoms with Gasteiger partial charge >= 0.3 is 0 Å². The Balaban J connectivity index is 1.24. The summed E-state index contributed by atoms with van der Waals surface area (Å²) >= 11 is 0. The van der Waals surface area contributed by atoms with Gasteiger partial charge in [-0.05, 0) is 86.1 Å². The maximum atomic E-state index is 13.7. The average Bonchev–Trinajstić information content (AvgIpc) is 2.98. The third-order valence-electron chi connectivity index (χ3n) is 8.44. The van der Waals surface area contributed by atoms with Crippen LogP contribution in [-0.4, -0.2) is 65.5 Å². The molecule has 2 aromatic carbocycles. The molecular formula is C32H38N6O2S. The van der Waals surface area contributed by atoms with E-state index in [1.807, 2.05) is 41.0 Å². The van der Waals surface area contributed by atoms with Gasteiger partial charge in [0.1, 0.15) is 11.9 Å². The molecule has 0 unspecified atom stereocenters. The molecule has 0 radical (unpaired) electrons. The van der Waals surface area contributed by atoms with Gasteiger partial charge in [-0.1, -0.05) is 18.2 Å². The molecule has 214 valence electrons. The maximum Gasteiger partial charge on any atom is 0.254 e. The maximum absolute atomic E-state index is 13.7. The first-order chi connectivity index (χ1) is 19.7. The van der Waals surface area contributed by atoms with Crippen molar-refractivity contribution in [3.8, 4) is 6.07 Å². The van der Waals surface area contributed by atoms with Crippen LogP contribution in [0.4, 0.5) is 11.5 Å². The number of hydrogen-bond donors (Lipinski definition) is 1. The monoisotopic (exact) mass is 570 g/mol. The molecule has 5 rings (SSSR count). The minimum Gasteiger partial charge on any atom is -0.370 e. The molecule has 2 aliphatic heterocycles. The molecular weight excluding hydrogens is 532 g/mol. The lowest BCUT2D eigenvalue weighted by Crippen LogP contribution is -2.49. The number of aromatic nitrogens is 1. The molecule has 3 heterocycles. The van der Waals surface area contributed by atoms with Gasteiger partial charge in [0, 0.05) is 57.3 Å². The predicted molar refractivity (Wildman–Crippen MR) is 163 cm³/mol. The Morgan fingerprint density at radius 2 is 1.71 bits per heavy atom. The van der Waals surface area contributed by atoms with E-state index in [9.17, 15) is 14.3 Å². The number of pyridine rings is 1. The number of nitriles is 1. The molecule has 0 spiro atoms. The van der Waals surface area contributed by atoms with E-state index in [4.69, 9.17) is 4.78 Å². The van der Waals surface area contributed by atoms with Crippen molar-refractivity contribution >= 4 is 27.1 Å². The van der Waals surface area contributed by atoms with E-state index < -0.39 is 9.73 Å². The van der Waals surface area contributed by atoms with E-state index in [1.165, 1.54) is 17.4 Å². The second-order valence-electron chi connectivity index (χ2n) is 11.3. The molecule has 1 amide bonds. The van der Waals surface area contributed by atoms with Gasteiger partial charge in [0.25, 0.3) is 5.91 Å². The lowest BCUT2D eigenvalue weighted by molar-refractivity contribution is 0.0745. The Kier molecular flexibility index (Phi) is 8.32. The summed E-state index contributed by atoms with van der Waals surface area (Å²) in [5.74, 6) is 1.16. The number of benzene rings is 2. The Morgan fingerprint density at radius 1 is 1.00 bits per heavy atom. The highest BCUT2D eigenvalue weighted by Crippen LogP contribution is 2.30. The third kappa shape index (κ3) is 6.23. The van der Waals surface area contributed by atoms with Gasteiger partial charge in [0.05, 0.1) is 25.9 Å². The van der Waals surface area contributed by atoms with E-state index in [0.717, 1.165) is 54.7 Å². The molecule has 8 nitrogen and oxygen atoms in total. The van der Waals surface area contributed by atoms with E-state index in [0.29, 0.717) is 42.8 Å². The lowest BCUT2D eigenvalue weighted by Gasteiger charge is -2.36. The Bertz CT molecular complexity index is 1580. The molecule has 1 aromatic heterocycles. The predicted octanol–water partition coefficient (Wildman–Crippen LogP) is 5.03. The SMILES string of the molecule is Cc1cc(C)c(C(=O)N2CCN(c3ncccc3[S@](C)(=N)=O)CC2)cc1CC1CCN(c2ccccc2C#N)CC1. The summed E-state index contributed by atoms with van der Waals surface area (Å²) in [6.45, 7) is 8.25. The molecule has 0 bridgehead atoms. The summed E-state index contributed by atoms with van der Waals surface area (Å²) in [5.41, 5.74) is 5.97. The number of rotatable bonds is 6. The number of anilines is 2. The quantitative estimate of drug-likeness (QED) is 0.446. The van der Waals surface area contributed by atoms with Crippen LogP contribution in [-0.2, 0) is 16.1 Å². The number of carbonyl (C=O) groups is 1. The molecule has 0 saturated carbocycles. The number of carbonyl (C=O) groups excluding carboxylic acids is 1. The minimum absolute atomic E-state index is 0.0485. The molecule has 2 saturated heterocycles. The Hall–Kier alpha value is -3.90. The number of para-hydroxylation sites is 1. The zero-order valence-corrected chi connectivity index (χ0v) is 24.9. The van der Waals surface area contributed by atoms with Crippen molar-refractivity contribution in [1.82, 2.24) is 9.88 Å². The van der Waals surface area contributed by atoms with E-state index in [-0.39, 0.29) is 5.91 Å². The normalized spacial score (nSPS) is 17.7. The molecule has 3 aromatic rings. The van der Waals surface area contributed by atoms with Crippen molar-refractivity contribution in [1.29, 1.82) is 10.0 Å². The third-order valence-corrected chi connectivity index (χ3v) is 9.60. The van der Waals surface area contributed by atoms with Crippen molar-refractivity contribution in [3.05, 3.63) is 82.5 Å². The van der Waals surface area contributed by atoms with Crippen molar-refractivity contribution < 1.29 is 9.00 Å². The van der Waals surface area contributed by atoms with Crippen molar-refractivity contribution in [2.45, 2.75) is 38.0 Å². The summed E-state index contributed by atoms with van der Waals surface area (Å²) in [7, 11) is -2.90. The summed E-state index contributed by atoms with van der Waals surface area (Å²) in [5, 5.41) is 9.49. The second kappa shape index (κ2) is 11.9. The zero-order chi connectivity index (χ0) is 29.1. The first kappa shape index (κ1) is 28.6. The molecule has 2 fully saturated rings. The van der Waals surface area contributed by atoms with Crippen LogP contribution >= 0.6 is 0 Å². The fourth-order valence-corrected chi connectivity index (χ4v) is 6.96. The van der Waals surface area contributed by atoms with Gasteiger partial charge < -0.3 is 14.7 Å². The molecule has 1 atom stereocenters. The van der Waals surface area contributed by atoms with Crippen LogP contribution in [0.5, 0.6) is 0 Å². The van der Waals surface area contributed by atoms with Gasteiger partial charge in [-0.15, -0.1) is 0 Å². The van der Waals surface area contributed by atoms with Gasteiger partial charge in [0.2, 0.25) is 0 Å². The highest BCUT2D eigenvalue weighted by Gasteiger charge is 2.27. The van der Waals surface area contributed by atoms with Crippen LogP contribution in [0.1, 0.15) is 45.5 Å². The smallest absolute Gasteiger partial charge is 0.254 e. The molecule has 9 heteroatoms. The zero-order valence-electron chi connectivity index (χ0n) is 24.1. The van der Waals surface area contributed by atoms with Gasteiger partial charge in [-0.25, -0.2) is 14.0 Å². The first-order valence-electron chi connectivity index (χ1n) is 14.2. The van der Waals surface area contributed by atoms with Crippen LogP contribution in [0.3, 0.4) is 0 Å². The average molecular weight is 571 g/mol. The standard InChI is InChI=1S/C32H38N6O2S/c1-23-19-24(2)28(21-27(23)20-25-10-13-36(14-11-25)29-8-5-4-7-26(29)22-33)32(39)38-17-15-37(16-18-38)31-30(41(3,34)40)9-6-12-35-31/h4-9,12,19,21,25,34H,10-11,13-18,20H2,1-3H3/t41-/m1/s1. The number of nitrogens with zero attached hydrogens (tertiary/aromatic N) is 5. The lowest BCUT2D eigenvalue weighted by atomic mass is 9.86. The Labute approximate surface area is 243 Å². The highest BCUT2D eigenvalue weighted by molar-refractivity contribution is 7.91. The summed E-state index contributed by atoms with van der Waals surface area (Å²) < 4.78 is 20.5. The number of piperazine rings is 1. The largest absolute Gasteiger partial charge is 0.370 e. The highest BCUT2D eigenvalue weighted by atomic mass is 32.2. The van der Waals surface area contributed by atoms with E-state index >= 15 is 0 Å². The Morgan fingerprint density at radius 3 is 2.39 bits per heavy atom. The number of hydrogen-bond acceptors (Lipinski definition) is 7.